The molecule has 0 aliphatic carbocycles. The molecule has 2 aliphatic heterocycles. The Balaban J connectivity index is 1.53. The normalized spacial score (nSPS) is 20.2. The van der Waals surface area contributed by atoms with Crippen molar-refractivity contribution < 1.29 is 28.7 Å². The Bertz CT molecular complexity index is 898. The topological polar surface area (TPSA) is 161 Å². The molecule has 1 aromatic carbocycles. The van der Waals surface area contributed by atoms with Crippen LogP contribution in [0.25, 0.3) is 0 Å². The lowest BCUT2D eigenvalue weighted by Crippen LogP contribution is -2.50. The number of carbonyl (C=O) groups excluding carboxylic acids is 4. The highest BCUT2D eigenvalue weighted by Gasteiger charge is 2.38. The molecule has 2 unspecified atom stereocenters. The van der Waals surface area contributed by atoms with Gasteiger partial charge in [-0.25, -0.2) is 4.99 Å². The Hall–Kier alpha value is -3.89. The Morgan fingerprint density at radius 2 is 2.00 bits per heavy atom. The van der Waals surface area contributed by atoms with Crippen LogP contribution in [0.2, 0.25) is 0 Å². The standard InChI is InChI=1S/C20H23N5O6/c21-20-24-17-16(19(29)25-20)14(9-22-17)6-3-12-1-4-13(5-2-12)18(28)23-15(31-11-27)7-8-30-10-26/h1-2,4-5,9-11,15-17,22H,3,6-8H2,(H,23,28)(H3,21,24,25,29)/t15-,16?,17?/m1/s1. The van der Waals surface area contributed by atoms with Gasteiger partial charge < -0.3 is 25.8 Å². The van der Waals surface area contributed by atoms with E-state index in [0.717, 1.165) is 11.1 Å². The van der Waals surface area contributed by atoms with Crippen molar-refractivity contribution in [2.24, 2.45) is 16.6 Å². The number of guanidine groups is 1. The van der Waals surface area contributed by atoms with Crippen LogP contribution >= 0.6 is 0 Å². The lowest BCUT2D eigenvalue weighted by Gasteiger charge is -2.24. The SMILES string of the molecule is NC1=NC2NC=C(CCc3ccc(C(=O)N[C@@H](CCOC=O)OC=O)cc3)C2C(=O)N1. The number of aliphatic imine (C=N–C) groups is 1. The van der Waals surface area contributed by atoms with Crippen molar-refractivity contribution in [3.63, 3.8) is 0 Å². The fourth-order valence-electron chi connectivity index (χ4n) is 3.42. The van der Waals surface area contributed by atoms with E-state index in [9.17, 15) is 19.2 Å². The average molecular weight is 429 g/mol. The van der Waals surface area contributed by atoms with E-state index in [-0.39, 0.29) is 49.9 Å². The lowest BCUT2D eigenvalue weighted by molar-refractivity contribution is -0.136. The molecule has 2 amide bonds. The van der Waals surface area contributed by atoms with Gasteiger partial charge in [-0.3, -0.25) is 24.5 Å². The van der Waals surface area contributed by atoms with Gasteiger partial charge in [-0.15, -0.1) is 0 Å². The molecule has 2 aliphatic rings. The van der Waals surface area contributed by atoms with Crippen LogP contribution in [0.3, 0.4) is 0 Å². The number of hydrogen-bond acceptors (Lipinski definition) is 9. The van der Waals surface area contributed by atoms with Crippen LogP contribution in [0.15, 0.2) is 41.0 Å². The summed E-state index contributed by atoms with van der Waals surface area (Å²) in [6, 6.07) is 6.95. The average Bonchev–Trinajstić information content (AvgIpc) is 3.16. The first-order chi connectivity index (χ1) is 15.0. The summed E-state index contributed by atoms with van der Waals surface area (Å²) >= 11 is 0. The third-order valence-corrected chi connectivity index (χ3v) is 4.96. The number of benzene rings is 1. The van der Waals surface area contributed by atoms with Crippen molar-refractivity contribution in [3.8, 4) is 0 Å². The summed E-state index contributed by atoms with van der Waals surface area (Å²) in [7, 11) is 0. The maximum atomic E-state index is 12.4. The first-order valence-electron chi connectivity index (χ1n) is 9.65. The quantitative estimate of drug-likeness (QED) is 0.204. The molecule has 11 nitrogen and oxygen atoms in total. The molecule has 5 N–H and O–H groups in total. The van der Waals surface area contributed by atoms with E-state index in [1.54, 1.807) is 18.3 Å². The summed E-state index contributed by atoms with van der Waals surface area (Å²) in [6.07, 6.45) is 1.99. The van der Waals surface area contributed by atoms with Gasteiger partial charge in [-0.05, 0) is 42.3 Å². The maximum absolute atomic E-state index is 12.4. The molecule has 0 saturated heterocycles. The monoisotopic (exact) mass is 429 g/mol. The molecule has 2 heterocycles. The molecule has 1 aromatic rings. The van der Waals surface area contributed by atoms with Gasteiger partial charge >= 0.3 is 0 Å². The van der Waals surface area contributed by atoms with Gasteiger partial charge in [-0.2, -0.15) is 0 Å². The second-order valence-corrected chi connectivity index (χ2v) is 6.96. The molecule has 0 radical (unpaired) electrons. The molecule has 0 aromatic heterocycles. The zero-order valence-corrected chi connectivity index (χ0v) is 16.6. The number of amides is 2. The van der Waals surface area contributed by atoms with Gasteiger partial charge in [0.05, 0.1) is 6.61 Å². The van der Waals surface area contributed by atoms with Gasteiger partial charge in [0, 0.05) is 12.0 Å². The molecule has 0 fully saturated rings. The molecular formula is C20H23N5O6. The van der Waals surface area contributed by atoms with Gasteiger partial charge in [0.1, 0.15) is 12.1 Å². The first kappa shape index (κ1) is 21.8. The third-order valence-electron chi connectivity index (χ3n) is 4.96. The fourth-order valence-corrected chi connectivity index (χ4v) is 3.42. The second-order valence-electron chi connectivity index (χ2n) is 6.96. The number of aryl methyl sites for hydroxylation is 1. The van der Waals surface area contributed by atoms with Crippen LogP contribution in [0, 0.1) is 5.92 Å². The predicted molar refractivity (Wildman–Crippen MR) is 108 cm³/mol. The van der Waals surface area contributed by atoms with Gasteiger partial charge in [0.25, 0.3) is 18.9 Å². The number of nitrogens with zero attached hydrogens (tertiary/aromatic N) is 1. The van der Waals surface area contributed by atoms with Crippen LogP contribution in [0.1, 0.15) is 28.8 Å². The highest BCUT2D eigenvalue weighted by molar-refractivity contribution is 6.01. The molecule has 164 valence electrons. The second kappa shape index (κ2) is 10.2. The van der Waals surface area contributed by atoms with Crippen LogP contribution < -0.4 is 21.7 Å². The Morgan fingerprint density at radius 1 is 1.23 bits per heavy atom. The minimum absolute atomic E-state index is 0.00368. The lowest BCUT2D eigenvalue weighted by atomic mass is 9.92. The molecular weight excluding hydrogens is 406 g/mol. The molecule has 11 heteroatoms. The number of hydrogen-bond donors (Lipinski definition) is 4. The van der Waals surface area contributed by atoms with E-state index < -0.39 is 12.1 Å². The van der Waals surface area contributed by atoms with Crippen molar-refractivity contribution in [2.45, 2.75) is 31.7 Å². The Kier molecular flexibility index (Phi) is 7.20. The summed E-state index contributed by atoms with van der Waals surface area (Å²) in [5.41, 5.74) is 7.89. The minimum Gasteiger partial charge on any atom is -0.468 e. The van der Waals surface area contributed by atoms with Crippen LogP contribution in [0.4, 0.5) is 0 Å². The molecule has 0 saturated carbocycles. The highest BCUT2D eigenvalue weighted by atomic mass is 16.5. The van der Waals surface area contributed by atoms with Gasteiger partial charge in [-0.1, -0.05) is 12.1 Å². The summed E-state index contributed by atoms with van der Waals surface area (Å²) in [6.45, 7) is 0.502. The van der Waals surface area contributed by atoms with E-state index in [1.165, 1.54) is 0 Å². The maximum Gasteiger partial charge on any atom is 0.295 e. The minimum atomic E-state index is -0.905. The predicted octanol–water partition coefficient (Wildman–Crippen LogP) is -0.715. The summed E-state index contributed by atoms with van der Waals surface area (Å²) in [5.74, 6) is -0.870. The zero-order valence-electron chi connectivity index (χ0n) is 16.6. The number of nitrogens with two attached hydrogens (primary N) is 1. The number of carbonyl (C=O) groups is 4. The Morgan fingerprint density at radius 3 is 2.71 bits per heavy atom. The van der Waals surface area contributed by atoms with E-state index in [4.69, 9.17) is 10.5 Å². The molecule has 0 spiro atoms. The van der Waals surface area contributed by atoms with E-state index in [1.807, 2.05) is 12.1 Å². The highest BCUT2D eigenvalue weighted by Crippen LogP contribution is 2.28. The Labute approximate surface area is 178 Å². The van der Waals surface area contributed by atoms with E-state index >= 15 is 0 Å². The molecule has 31 heavy (non-hydrogen) atoms. The van der Waals surface area contributed by atoms with E-state index in [2.05, 4.69) is 25.7 Å². The van der Waals surface area contributed by atoms with E-state index in [0.29, 0.717) is 18.4 Å². The van der Waals surface area contributed by atoms with Crippen molar-refractivity contribution in [2.75, 3.05) is 6.61 Å². The van der Waals surface area contributed by atoms with Crippen molar-refractivity contribution in [1.29, 1.82) is 0 Å². The number of ether oxygens (including phenoxy) is 2. The first-order valence-corrected chi connectivity index (χ1v) is 9.65. The largest absolute Gasteiger partial charge is 0.468 e. The number of rotatable bonds is 11. The van der Waals surface area contributed by atoms with Gasteiger partial charge in [0.15, 0.2) is 12.2 Å². The smallest absolute Gasteiger partial charge is 0.295 e. The third kappa shape index (κ3) is 5.59. The number of nitrogens with one attached hydrogen (secondary N) is 3. The summed E-state index contributed by atoms with van der Waals surface area (Å²) in [4.78, 5) is 49.5. The summed E-state index contributed by atoms with van der Waals surface area (Å²) in [5, 5.41) is 8.17. The van der Waals surface area contributed by atoms with Crippen LogP contribution in [-0.2, 0) is 30.3 Å². The van der Waals surface area contributed by atoms with Crippen molar-refractivity contribution in [3.05, 3.63) is 47.2 Å². The zero-order chi connectivity index (χ0) is 22.2. The van der Waals surface area contributed by atoms with Crippen LogP contribution in [0.5, 0.6) is 0 Å². The molecule has 3 rings (SSSR count). The molecule has 3 atom stereocenters. The van der Waals surface area contributed by atoms with Crippen molar-refractivity contribution >= 4 is 30.7 Å². The van der Waals surface area contributed by atoms with Gasteiger partial charge in [0.2, 0.25) is 5.91 Å². The summed E-state index contributed by atoms with van der Waals surface area (Å²) < 4.78 is 9.34. The van der Waals surface area contributed by atoms with Crippen LogP contribution in [-0.4, -0.2) is 49.7 Å². The van der Waals surface area contributed by atoms with Crippen molar-refractivity contribution in [1.82, 2.24) is 16.0 Å². The fraction of sp³-hybridized carbons (Fsp3) is 0.350. The number of fused-ring (bicyclic) bond motifs is 1. The molecule has 0 bridgehead atoms.